The molecule has 0 unspecified atom stereocenters. The predicted molar refractivity (Wildman–Crippen MR) is 120 cm³/mol. The van der Waals surface area contributed by atoms with Crippen molar-refractivity contribution in [3.8, 4) is 34.8 Å². The lowest BCUT2D eigenvalue weighted by Crippen LogP contribution is -2.26. The van der Waals surface area contributed by atoms with Crippen LogP contribution >= 0.6 is 0 Å². The monoisotopic (exact) mass is 438 g/mol. The summed E-state index contributed by atoms with van der Waals surface area (Å²) < 4.78 is 20.9. The number of para-hydroxylation sites is 1. The number of carbonyl (C=O) groups excluding carboxylic acids is 1. The van der Waals surface area contributed by atoms with Gasteiger partial charge in [-0.25, -0.2) is 0 Å². The zero-order valence-electron chi connectivity index (χ0n) is 18.5. The van der Waals surface area contributed by atoms with Crippen LogP contribution in [0, 0.1) is 11.3 Å². The molecule has 32 heavy (non-hydrogen) atoms. The van der Waals surface area contributed by atoms with Crippen molar-refractivity contribution in [2.24, 2.45) is 0 Å². The van der Waals surface area contributed by atoms with Gasteiger partial charge in [0.1, 0.15) is 11.6 Å². The molecule has 0 heterocycles. The summed E-state index contributed by atoms with van der Waals surface area (Å²) in [5.74, 6) is 1.13. The van der Waals surface area contributed by atoms with E-state index in [9.17, 15) is 15.2 Å². The first-order valence-electron chi connectivity index (χ1n) is 9.70. The molecule has 0 bridgehead atoms. The molecule has 0 aromatic heterocycles. The van der Waals surface area contributed by atoms with Gasteiger partial charge in [0.15, 0.2) is 23.0 Å². The third kappa shape index (κ3) is 5.95. The summed E-state index contributed by atoms with van der Waals surface area (Å²) in [5, 5.41) is 22.0. The van der Waals surface area contributed by atoms with E-state index in [1.54, 1.807) is 44.6 Å². The van der Waals surface area contributed by atoms with Crippen LogP contribution in [-0.2, 0) is 11.2 Å². The smallest absolute Gasteiger partial charge is 0.261 e. The van der Waals surface area contributed by atoms with Gasteiger partial charge in [-0.3, -0.25) is 4.79 Å². The van der Waals surface area contributed by atoms with E-state index < -0.39 is 5.91 Å². The molecular formula is C24H26N2O6. The molecule has 0 saturated heterocycles. The van der Waals surface area contributed by atoms with Gasteiger partial charge >= 0.3 is 0 Å². The normalized spacial score (nSPS) is 11.0. The second kappa shape index (κ2) is 11.9. The molecule has 2 aromatic carbocycles. The number of amides is 1. The second-order valence-electron chi connectivity index (χ2n) is 6.48. The summed E-state index contributed by atoms with van der Waals surface area (Å²) in [6.07, 6.45) is 5.14. The van der Waals surface area contributed by atoms with Crippen LogP contribution in [0.4, 0.5) is 0 Å². The highest BCUT2D eigenvalue weighted by Crippen LogP contribution is 2.37. The Balaban J connectivity index is 2.05. The zero-order valence-corrected chi connectivity index (χ0v) is 18.5. The number of ether oxygens (including phenoxy) is 4. The van der Waals surface area contributed by atoms with Gasteiger partial charge in [0, 0.05) is 6.54 Å². The molecule has 2 aromatic rings. The molecule has 0 radical (unpaired) electrons. The minimum Gasteiger partial charge on any atom is -0.502 e. The second-order valence-corrected chi connectivity index (χ2v) is 6.48. The van der Waals surface area contributed by atoms with Crippen molar-refractivity contribution in [2.45, 2.75) is 6.42 Å². The Hall–Kier alpha value is -4.12. The van der Waals surface area contributed by atoms with Crippen LogP contribution in [0.1, 0.15) is 11.1 Å². The van der Waals surface area contributed by atoms with Crippen LogP contribution in [0.3, 0.4) is 0 Å². The molecule has 0 fully saturated rings. The van der Waals surface area contributed by atoms with Crippen molar-refractivity contribution in [3.05, 3.63) is 59.2 Å². The van der Waals surface area contributed by atoms with E-state index in [4.69, 9.17) is 18.9 Å². The van der Waals surface area contributed by atoms with Crippen LogP contribution in [0.25, 0.3) is 6.08 Å². The number of rotatable bonds is 10. The fourth-order valence-corrected chi connectivity index (χ4v) is 2.99. The molecule has 0 atom stereocenters. The van der Waals surface area contributed by atoms with Crippen molar-refractivity contribution in [3.63, 3.8) is 0 Å². The number of phenolic OH excluding ortho intramolecular Hbond substituents is 1. The van der Waals surface area contributed by atoms with Crippen LogP contribution < -0.4 is 24.3 Å². The average Bonchev–Trinajstić information content (AvgIpc) is 2.82. The van der Waals surface area contributed by atoms with Crippen LogP contribution in [0.2, 0.25) is 0 Å². The van der Waals surface area contributed by atoms with E-state index >= 15 is 0 Å². The standard InChI is InChI=1S/C24H26N2O6/c1-29-19-10-6-8-17(23(19)32-4)11-12-26-24(28)18(15-25)9-5-7-16-13-20(30-2)22(27)21(14-16)31-3/h5-10,13-14,27H,11-12H2,1-4H3,(H,26,28). The molecule has 0 aliphatic carbocycles. The number of nitriles is 1. The first-order chi connectivity index (χ1) is 15.5. The predicted octanol–water partition coefficient (Wildman–Crippen LogP) is 3.25. The molecule has 0 saturated carbocycles. The quantitative estimate of drug-likeness (QED) is 0.333. The number of aromatic hydroxyl groups is 1. The van der Waals surface area contributed by atoms with Crippen molar-refractivity contribution < 1.29 is 28.8 Å². The number of nitrogens with zero attached hydrogens (tertiary/aromatic N) is 1. The van der Waals surface area contributed by atoms with Crippen molar-refractivity contribution in [1.29, 1.82) is 5.26 Å². The lowest BCUT2D eigenvalue weighted by molar-refractivity contribution is -0.117. The Morgan fingerprint density at radius 2 is 1.72 bits per heavy atom. The molecule has 0 aliphatic heterocycles. The summed E-state index contributed by atoms with van der Waals surface area (Å²) in [6.45, 7) is 0.317. The Morgan fingerprint density at radius 1 is 1.06 bits per heavy atom. The molecule has 168 valence electrons. The number of phenols is 1. The van der Waals surface area contributed by atoms with Gasteiger partial charge < -0.3 is 29.4 Å². The van der Waals surface area contributed by atoms with E-state index in [1.807, 2.05) is 18.2 Å². The summed E-state index contributed by atoms with van der Waals surface area (Å²) in [7, 11) is 5.98. The Bertz CT molecular complexity index is 1030. The number of methoxy groups -OCH3 is 4. The van der Waals surface area contributed by atoms with E-state index in [-0.39, 0.29) is 22.8 Å². The van der Waals surface area contributed by atoms with Gasteiger partial charge in [-0.2, -0.15) is 5.26 Å². The summed E-state index contributed by atoms with van der Waals surface area (Å²) in [4.78, 5) is 12.4. The van der Waals surface area contributed by atoms with E-state index in [1.165, 1.54) is 20.3 Å². The van der Waals surface area contributed by atoms with Crippen LogP contribution in [0.15, 0.2) is 48.1 Å². The fraction of sp³-hybridized carbons (Fsp3) is 0.250. The average molecular weight is 438 g/mol. The van der Waals surface area contributed by atoms with Gasteiger partial charge in [0.2, 0.25) is 5.75 Å². The van der Waals surface area contributed by atoms with Gasteiger partial charge in [-0.05, 0) is 41.8 Å². The van der Waals surface area contributed by atoms with Gasteiger partial charge in [0.25, 0.3) is 5.91 Å². The van der Waals surface area contributed by atoms with E-state index in [2.05, 4.69) is 5.32 Å². The maximum absolute atomic E-state index is 12.4. The Kier molecular flexibility index (Phi) is 8.99. The number of allylic oxidation sites excluding steroid dienone is 2. The van der Waals surface area contributed by atoms with Gasteiger partial charge in [-0.15, -0.1) is 0 Å². The lowest BCUT2D eigenvalue weighted by Gasteiger charge is -2.12. The molecule has 0 aliphatic rings. The Morgan fingerprint density at radius 3 is 2.28 bits per heavy atom. The zero-order chi connectivity index (χ0) is 23.5. The largest absolute Gasteiger partial charge is 0.502 e. The maximum atomic E-state index is 12.4. The fourth-order valence-electron chi connectivity index (χ4n) is 2.99. The molecule has 1 amide bonds. The summed E-state index contributed by atoms with van der Waals surface area (Å²) in [6, 6.07) is 10.6. The molecule has 2 rings (SSSR count). The minimum absolute atomic E-state index is 0.0448. The van der Waals surface area contributed by atoms with E-state index in [0.717, 1.165) is 5.56 Å². The van der Waals surface area contributed by atoms with Crippen LogP contribution in [-0.4, -0.2) is 46.0 Å². The van der Waals surface area contributed by atoms with Crippen molar-refractivity contribution in [1.82, 2.24) is 5.32 Å². The first-order valence-corrected chi connectivity index (χ1v) is 9.70. The number of carbonyl (C=O) groups is 1. The van der Waals surface area contributed by atoms with Crippen LogP contribution in [0.5, 0.6) is 28.7 Å². The lowest BCUT2D eigenvalue weighted by atomic mass is 10.1. The Labute approximate surface area is 187 Å². The molecule has 2 N–H and O–H groups in total. The molecule has 8 heteroatoms. The third-order valence-corrected chi connectivity index (χ3v) is 4.58. The van der Waals surface area contributed by atoms with Crippen molar-refractivity contribution in [2.75, 3.05) is 35.0 Å². The summed E-state index contributed by atoms with van der Waals surface area (Å²) in [5.41, 5.74) is 1.50. The highest BCUT2D eigenvalue weighted by molar-refractivity contribution is 5.97. The highest BCUT2D eigenvalue weighted by Gasteiger charge is 2.12. The SMILES string of the molecule is COc1cc(C=CC=C(C#N)C(=O)NCCc2cccc(OC)c2OC)cc(OC)c1O. The number of benzene rings is 2. The number of hydrogen-bond donors (Lipinski definition) is 2. The maximum Gasteiger partial charge on any atom is 0.261 e. The first kappa shape index (κ1) is 24.2. The summed E-state index contributed by atoms with van der Waals surface area (Å²) >= 11 is 0. The topological polar surface area (TPSA) is 110 Å². The van der Waals surface area contributed by atoms with E-state index in [0.29, 0.717) is 30.0 Å². The molecular weight excluding hydrogens is 412 g/mol. The minimum atomic E-state index is -0.486. The number of hydrogen-bond acceptors (Lipinski definition) is 7. The number of nitrogens with one attached hydrogen (secondary N) is 1. The van der Waals surface area contributed by atoms with Crippen molar-refractivity contribution >= 4 is 12.0 Å². The van der Waals surface area contributed by atoms with Gasteiger partial charge in [-0.1, -0.05) is 24.3 Å². The third-order valence-electron chi connectivity index (χ3n) is 4.58. The molecule has 0 spiro atoms. The van der Waals surface area contributed by atoms with Gasteiger partial charge in [0.05, 0.1) is 28.4 Å². The highest BCUT2D eigenvalue weighted by atomic mass is 16.5. The molecule has 8 nitrogen and oxygen atoms in total.